The quantitative estimate of drug-likeness (QED) is 0.198. The zero-order chi connectivity index (χ0) is 21.0. The molecule has 0 N–H and O–H groups in total. The van der Waals surface area contributed by atoms with Crippen molar-refractivity contribution in [3.05, 3.63) is 69.3 Å². The predicted octanol–water partition coefficient (Wildman–Crippen LogP) is 6.73. The lowest BCUT2D eigenvalue weighted by atomic mass is 10.2. The highest BCUT2D eigenvalue weighted by atomic mass is 79.9. The summed E-state index contributed by atoms with van der Waals surface area (Å²) in [6, 6.07) is 16.4. The lowest BCUT2D eigenvalue weighted by Gasteiger charge is -2.16. The first kappa shape index (κ1) is 22.1. The van der Waals surface area contributed by atoms with E-state index in [1.807, 2.05) is 53.1 Å². The number of hydrogen-bond donors (Lipinski definition) is 0. The molecular formula is C22H25BrClNO3Si. The van der Waals surface area contributed by atoms with Gasteiger partial charge in [0, 0.05) is 24.5 Å². The first-order chi connectivity index (χ1) is 13.8. The van der Waals surface area contributed by atoms with Crippen LogP contribution in [0.3, 0.4) is 0 Å². The number of hydrogen-bond acceptors (Lipinski definition) is 3. The molecule has 0 aliphatic heterocycles. The van der Waals surface area contributed by atoms with Gasteiger partial charge in [0.2, 0.25) is 0 Å². The topological polar surface area (TPSA) is 40.5 Å². The highest BCUT2D eigenvalue weighted by Crippen LogP contribution is 2.33. The van der Waals surface area contributed by atoms with Gasteiger partial charge in [-0.15, -0.1) is 0 Å². The third-order valence-electron chi connectivity index (χ3n) is 4.60. The highest BCUT2D eigenvalue weighted by Gasteiger charge is 2.23. The van der Waals surface area contributed by atoms with Gasteiger partial charge in [-0.1, -0.05) is 77.5 Å². The Morgan fingerprint density at radius 1 is 1.14 bits per heavy atom. The largest absolute Gasteiger partial charge is 0.457 e. The summed E-state index contributed by atoms with van der Waals surface area (Å²) in [5.41, 5.74) is 2.14. The third-order valence-corrected chi connectivity index (χ3v) is 7.19. The number of ether oxygens (including phenoxy) is 2. The van der Waals surface area contributed by atoms with Crippen LogP contribution in [-0.4, -0.2) is 25.2 Å². The van der Waals surface area contributed by atoms with Gasteiger partial charge < -0.3 is 14.0 Å². The van der Waals surface area contributed by atoms with Crippen molar-refractivity contribution in [3.63, 3.8) is 0 Å². The second-order valence-electron chi connectivity index (χ2n) is 8.17. The molecule has 0 radical (unpaired) electrons. The fourth-order valence-corrected chi connectivity index (χ4v) is 4.38. The molecular weight excluding hydrogens is 470 g/mol. The summed E-state index contributed by atoms with van der Waals surface area (Å²) < 4.78 is 14.1. The molecule has 3 aromatic rings. The minimum Gasteiger partial charge on any atom is -0.457 e. The summed E-state index contributed by atoms with van der Waals surface area (Å²) in [7, 11) is -1.17. The molecule has 7 heteroatoms. The number of halogens is 2. The van der Waals surface area contributed by atoms with Crippen LogP contribution in [0.5, 0.6) is 0 Å². The molecule has 3 rings (SSSR count). The van der Waals surface area contributed by atoms with Crippen molar-refractivity contribution in [2.24, 2.45) is 0 Å². The SMILES string of the molecule is C[Si](C)(C)CCOCn1c(Cl)c(C(=O)OCc2ccccc2)c2cc(Br)ccc21. The molecule has 0 fully saturated rings. The summed E-state index contributed by atoms with van der Waals surface area (Å²) in [6.07, 6.45) is 0. The molecule has 0 saturated heterocycles. The van der Waals surface area contributed by atoms with Crippen LogP contribution in [0.25, 0.3) is 10.9 Å². The monoisotopic (exact) mass is 493 g/mol. The van der Waals surface area contributed by atoms with E-state index in [2.05, 4.69) is 35.6 Å². The van der Waals surface area contributed by atoms with E-state index in [1.54, 1.807) is 0 Å². The van der Waals surface area contributed by atoms with Crippen LogP contribution in [-0.2, 0) is 22.8 Å². The molecule has 0 aliphatic rings. The number of carbonyl (C=O) groups is 1. The molecule has 0 spiro atoms. The summed E-state index contributed by atoms with van der Waals surface area (Å²) in [5.74, 6) is -0.442. The Balaban J connectivity index is 1.83. The molecule has 0 bridgehead atoms. The summed E-state index contributed by atoms with van der Waals surface area (Å²) >= 11 is 10.1. The van der Waals surface area contributed by atoms with Gasteiger partial charge in [-0.05, 0) is 29.8 Å². The van der Waals surface area contributed by atoms with Crippen molar-refractivity contribution < 1.29 is 14.3 Å². The van der Waals surface area contributed by atoms with Crippen molar-refractivity contribution in [1.29, 1.82) is 0 Å². The molecule has 154 valence electrons. The number of nitrogens with zero attached hydrogens (tertiary/aromatic N) is 1. The van der Waals surface area contributed by atoms with Crippen LogP contribution in [0.4, 0.5) is 0 Å². The van der Waals surface area contributed by atoms with Crippen molar-refractivity contribution in [2.75, 3.05) is 6.61 Å². The van der Waals surface area contributed by atoms with Crippen LogP contribution >= 0.6 is 27.5 Å². The van der Waals surface area contributed by atoms with E-state index in [0.29, 0.717) is 24.1 Å². The molecule has 0 unspecified atom stereocenters. The molecule has 1 heterocycles. The van der Waals surface area contributed by atoms with Gasteiger partial charge in [0.25, 0.3) is 0 Å². The molecule has 2 aromatic carbocycles. The number of fused-ring (bicyclic) bond motifs is 1. The fraction of sp³-hybridized carbons (Fsp3) is 0.318. The Morgan fingerprint density at radius 3 is 2.55 bits per heavy atom. The van der Waals surface area contributed by atoms with Crippen molar-refractivity contribution in [1.82, 2.24) is 4.57 Å². The highest BCUT2D eigenvalue weighted by molar-refractivity contribution is 9.10. The number of benzene rings is 2. The van der Waals surface area contributed by atoms with E-state index in [0.717, 1.165) is 27.0 Å². The van der Waals surface area contributed by atoms with Crippen LogP contribution in [0.1, 0.15) is 15.9 Å². The second-order valence-corrected chi connectivity index (χ2v) is 15.1. The first-order valence-corrected chi connectivity index (χ1v) is 14.4. The predicted molar refractivity (Wildman–Crippen MR) is 124 cm³/mol. The van der Waals surface area contributed by atoms with Crippen LogP contribution < -0.4 is 0 Å². The second kappa shape index (κ2) is 9.47. The Labute approximate surface area is 185 Å². The van der Waals surface area contributed by atoms with E-state index in [9.17, 15) is 4.79 Å². The zero-order valence-electron chi connectivity index (χ0n) is 16.9. The smallest absolute Gasteiger partial charge is 0.342 e. The van der Waals surface area contributed by atoms with E-state index >= 15 is 0 Å². The van der Waals surface area contributed by atoms with Gasteiger partial charge >= 0.3 is 5.97 Å². The minimum absolute atomic E-state index is 0.198. The summed E-state index contributed by atoms with van der Waals surface area (Å²) in [6.45, 7) is 8.11. The van der Waals surface area contributed by atoms with E-state index in [4.69, 9.17) is 21.1 Å². The van der Waals surface area contributed by atoms with Gasteiger partial charge in [-0.25, -0.2) is 4.79 Å². The lowest BCUT2D eigenvalue weighted by Crippen LogP contribution is -2.22. The molecule has 0 aliphatic carbocycles. The van der Waals surface area contributed by atoms with Gasteiger partial charge in [-0.3, -0.25) is 0 Å². The standard InChI is InChI=1S/C22H25BrClNO3Si/c1-29(2,3)12-11-27-15-25-19-10-9-17(23)13-18(19)20(21(25)24)22(26)28-14-16-7-5-4-6-8-16/h4-10,13H,11-12,14-15H2,1-3H3. The Hall–Kier alpha value is -1.60. The van der Waals surface area contributed by atoms with E-state index in [1.165, 1.54) is 0 Å². The van der Waals surface area contributed by atoms with Gasteiger partial charge in [0.15, 0.2) is 0 Å². The Kier molecular flexibility index (Phi) is 7.22. The Morgan fingerprint density at radius 2 is 1.86 bits per heavy atom. The molecule has 0 amide bonds. The van der Waals surface area contributed by atoms with Crippen molar-refractivity contribution in [3.8, 4) is 0 Å². The molecule has 0 saturated carbocycles. The van der Waals surface area contributed by atoms with E-state index < -0.39 is 14.0 Å². The maximum absolute atomic E-state index is 12.9. The first-order valence-electron chi connectivity index (χ1n) is 9.52. The third kappa shape index (κ3) is 5.72. The van der Waals surface area contributed by atoms with Crippen molar-refractivity contribution in [2.45, 2.75) is 39.0 Å². The van der Waals surface area contributed by atoms with Crippen LogP contribution in [0.2, 0.25) is 30.8 Å². The average Bonchev–Trinajstić information content (AvgIpc) is 2.94. The van der Waals surface area contributed by atoms with Crippen LogP contribution in [0, 0.1) is 0 Å². The van der Waals surface area contributed by atoms with E-state index in [-0.39, 0.29) is 6.61 Å². The Bertz CT molecular complexity index is 999. The minimum atomic E-state index is -1.17. The lowest BCUT2D eigenvalue weighted by molar-refractivity contribution is 0.0474. The fourth-order valence-electron chi connectivity index (χ4n) is 2.95. The average molecular weight is 495 g/mol. The molecule has 29 heavy (non-hydrogen) atoms. The number of carbonyl (C=O) groups excluding carboxylic acids is 1. The molecule has 4 nitrogen and oxygen atoms in total. The summed E-state index contributed by atoms with van der Waals surface area (Å²) in [5, 5.41) is 1.08. The number of aromatic nitrogens is 1. The number of rotatable bonds is 8. The van der Waals surface area contributed by atoms with Gasteiger partial charge in [0.05, 0.1) is 5.52 Å². The summed E-state index contributed by atoms with van der Waals surface area (Å²) in [4.78, 5) is 12.9. The maximum atomic E-state index is 12.9. The molecule has 1 aromatic heterocycles. The van der Waals surface area contributed by atoms with Gasteiger partial charge in [-0.2, -0.15) is 0 Å². The van der Waals surface area contributed by atoms with Crippen molar-refractivity contribution >= 4 is 52.5 Å². The maximum Gasteiger partial charge on any atom is 0.342 e. The normalized spacial score (nSPS) is 11.8. The van der Waals surface area contributed by atoms with Crippen LogP contribution in [0.15, 0.2) is 53.0 Å². The number of esters is 1. The van der Waals surface area contributed by atoms with Gasteiger partial charge in [0.1, 0.15) is 24.1 Å². The molecule has 0 atom stereocenters. The zero-order valence-corrected chi connectivity index (χ0v) is 20.2.